The predicted molar refractivity (Wildman–Crippen MR) is 54.6 cm³/mol. The zero-order valence-electron chi connectivity index (χ0n) is 7.99. The number of sulfonamides is 1. The lowest BCUT2D eigenvalue weighted by atomic mass is 10.2. The van der Waals surface area contributed by atoms with Gasteiger partial charge in [-0.3, -0.25) is 0 Å². The van der Waals surface area contributed by atoms with E-state index in [4.69, 9.17) is 16.7 Å². The molecule has 0 amide bonds. The molecule has 0 atom stereocenters. The molecule has 0 heterocycles. The van der Waals surface area contributed by atoms with Gasteiger partial charge in [0.05, 0.1) is 5.56 Å². The van der Waals surface area contributed by atoms with Crippen LogP contribution in [-0.4, -0.2) is 26.5 Å². The summed E-state index contributed by atoms with van der Waals surface area (Å²) in [4.78, 5) is 9.84. The molecule has 5 nitrogen and oxygen atoms in total. The van der Waals surface area contributed by atoms with E-state index < -0.39 is 32.3 Å². The lowest BCUT2D eigenvalue weighted by Gasteiger charge is -2.06. The highest BCUT2D eigenvalue weighted by atomic mass is 35.5. The molecule has 2 N–H and O–H groups in total. The summed E-state index contributed by atoms with van der Waals surface area (Å²) in [7, 11) is -3.00. The topological polar surface area (TPSA) is 83.5 Å². The van der Waals surface area contributed by atoms with Crippen molar-refractivity contribution < 1.29 is 22.7 Å². The molecule has 0 aliphatic heterocycles. The maximum Gasteiger partial charge on any atom is 0.338 e. The lowest BCUT2D eigenvalue weighted by Crippen LogP contribution is -2.21. The number of hydrogen-bond donors (Lipinski definition) is 2. The Bertz CT molecular complexity index is 543. The van der Waals surface area contributed by atoms with Crippen molar-refractivity contribution >= 4 is 27.6 Å². The van der Waals surface area contributed by atoms with Gasteiger partial charge in [0.25, 0.3) is 0 Å². The van der Waals surface area contributed by atoms with Gasteiger partial charge in [-0.25, -0.2) is 22.3 Å². The summed E-state index contributed by atoms with van der Waals surface area (Å²) in [5, 5.41) is 8.47. The van der Waals surface area contributed by atoms with E-state index in [2.05, 4.69) is 0 Å². The van der Waals surface area contributed by atoms with E-state index in [1.807, 2.05) is 4.72 Å². The average molecular weight is 268 g/mol. The number of halogens is 2. The van der Waals surface area contributed by atoms with Crippen LogP contribution in [0.15, 0.2) is 17.0 Å². The first-order chi connectivity index (χ1) is 7.29. The minimum absolute atomic E-state index is 0.173. The molecule has 0 aliphatic carbocycles. The molecule has 8 heteroatoms. The molecular formula is C8H7ClFNO4S. The number of carbonyl (C=O) groups is 1. The molecule has 0 bridgehead atoms. The Morgan fingerprint density at radius 3 is 2.50 bits per heavy atom. The van der Waals surface area contributed by atoms with E-state index in [1.165, 1.54) is 0 Å². The summed E-state index contributed by atoms with van der Waals surface area (Å²) in [5.41, 5.74) is -0.790. The van der Waals surface area contributed by atoms with Crippen LogP contribution in [0.4, 0.5) is 4.39 Å². The fourth-order valence-electron chi connectivity index (χ4n) is 1.03. The second-order valence-electron chi connectivity index (χ2n) is 2.78. The van der Waals surface area contributed by atoms with E-state index in [-0.39, 0.29) is 5.02 Å². The van der Waals surface area contributed by atoms with E-state index in [0.29, 0.717) is 0 Å². The summed E-state index contributed by atoms with van der Waals surface area (Å²) in [6.45, 7) is 0. The van der Waals surface area contributed by atoms with Crippen LogP contribution in [-0.2, 0) is 10.0 Å². The Morgan fingerprint density at radius 1 is 1.50 bits per heavy atom. The highest BCUT2D eigenvalue weighted by Gasteiger charge is 2.23. The van der Waals surface area contributed by atoms with E-state index in [1.54, 1.807) is 0 Å². The van der Waals surface area contributed by atoms with Gasteiger partial charge in [-0.15, -0.1) is 0 Å². The highest BCUT2D eigenvalue weighted by Crippen LogP contribution is 2.23. The maximum atomic E-state index is 13.5. The monoisotopic (exact) mass is 267 g/mol. The first-order valence-electron chi connectivity index (χ1n) is 3.95. The van der Waals surface area contributed by atoms with E-state index in [9.17, 15) is 17.6 Å². The standard InChI is InChI=1S/C8H7ClFNO4S/c1-11-16(14,15)6-3-4(9)2-5(7(6)10)8(12)13/h2-3,11H,1H3,(H,12,13). The van der Waals surface area contributed by atoms with Gasteiger partial charge in [0.1, 0.15) is 4.90 Å². The van der Waals surface area contributed by atoms with Gasteiger partial charge >= 0.3 is 5.97 Å². The quantitative estimate of drug-likeness (QED) is 0.859. The van der Waals surface area contributed by atoms with Crippen molar-refractivity contribution in [2.75, 3.05) is 7.05 Å². The molecule has 0 aliphatic rings. The molecule has 0 radical (unpaired) electrons. The van der Waals surface area contributed by atoms with Crippen molar-refractivity contribution in [2.45, 2.75) is 4.90 Å². The average Bonchev–Trinajstić information content (AvgIpc) is 2.20. The van der Waals surface area contributed by atoms with Crippen molar-refractivity contribution in [3.05, 3.63) is 28.5 Å². The van der Waals surface area contributed by atoms with E-state index in [0.717, 1.165) is 19.2 Å². The van der Waals surface area contributed by atoms with Crippen LogP contribution < -0.4 is 4.72 Å². The molecule has 0 saturated carbocycles. The van der Waals surface area contributed by atoms with Crippen LogP contribution in [0, 0.1) is 5.82 Å². The first kappa shape index (κ1) is 12.9. The second-order valence-corrected chi connectivity index (χ2v) is 5.07. The molecule has 1 rings (SSSR count). The van der Waals surface area contributed by atoms with Crippen LogP contribution >= 0.6 is 11.6 Å². The minimum Gasteiger partial charge on any atom is -0.478 e. The molecule has 1 aromatic rings. The van der Waals surface area contributed by atoms with Crippen LogP contribution in [0.25, 0.3) is 0 Å². The van der Waals surface area contributed by atoms with Gasteiger partial charge in [-0.2, -0.15) is 0 Å². The summed E-state index contributed by atoms with van der Waals surface area (Å²) in [6, 6.07) is 1.68. The van der Waals surface area contributed by atoms with Crippen LogP contribution in [0.1, 0.15) is 10.4 Å². The van der Waals surface area contributed by atoms with Gasteiger partial charge in [-0.1, -0.05) is 11.6 Å². The fourth-order valence-corrected chi connectivity index (χ4v) is 2.16. The normalized spacial score (nSPS) is 11.4. The second kappa shape index (κ2) is 4.36. The first-order valence-corrected chi connectivity index (χ1v) is 5.81. The molecule has 0 spiro atoms. The maximum absolute atomic E-state index is 13.5. The summed E-state index contributed by atoms with van der Waals surface area (Å²) < 4.78 is 38.1. The Morgan fingerprint density at radius 2 is 2.06 bits per heavy atom. The van der Waals surface area contributed by atoms with Crippen molar-refractivity contribution in [3.8, 4) is 0 Å². The Kier molecular flexibility index (Phi) is 3.51. The van der Waals surface area contributed by atoms with Crippen LogP contribution in [0.5, 0.6) is 0 Å². The number of rotatable bonds is 3. The summed E-state index contributed by atoms with van der Waals surface area (Å²) in [5.74, 6) is -2.93. The predicted octanol–water partition coefficient (Wildman–Crippen LogP) is 1.09. The van der Waals surface area contributed by atoms with Gasteiger partial charge in [0.15, 0.2) is 5.82 Å². The number of nitrogens with one attached hydrogen (secondary N) is 1. The Balaban J connectivity index is 3.60. The summed E-state index contributed by atoms with van der Waals surface area (Å²) >= 11 is 5.51. The molecule has 1 aromatic carbocycles. The molecule has 0 fully saturated rings. The summed E-state index contributed by atoms with van der Waals surface area (Å²) in [6.07, 6.45) is 0. The smallest absolute Gasteiger partial charge is 0.338 e. The fraction of sp³-hybridized carbons (Fsp3) is 0.125. The zero-order valence-corrected chi connectivity index (χ0v) is 9.56. The third-order valence-electron chi connectivity index (χ3n) is 1.79. The van der Waals surface area contributed by atoms with Gasteiger partial charge < -0.3 is 5.11 Å². The number of benzene rings is 1. The van der Waals surface area contributed by atoms with Crippen molar-refractivity contribution in [3.63, 3.8) is 0 Å². The number of carboxylic acid groups (broad SMARTS) is 1. The van der Waals surface area contributed by atoms with Gasteiger partial charge in [0, 0.05) is 5.02 Å². The van der Waals surface area contributed by atoms with Crippen LogP contribution in [0.3, 0.4) is 0 Å². The van der Waals surface area contributed by atoms with Gasteiger partial charge in [0.2, 0.25) is 10.0 Å². The molecular weight excluding hydrogens is 261 g/mol. The highest BCUT2D eigenvalue weighted by molar-refractivity contribution is 7.89. The lowest BCUT2D eigenvalue weighted by molar-refractivity contribution is 0.0691. The van der Waals surface area contributed by atoms with Gasteiger partial charge in [-0.05, 0) is 19.2 Å². The Labute approximate surface area is 95.9 Å². The molecule has 0 saturated heterocycles. The van der Waals surface area contributed by atoms with Crippen molar-refractivity contribution in [1.82, 2.24) is 4.72 Å². The third kappa shape index (κ3) is 2.31. The molecule has 0 aromatic heterocycles. The van der Waals surface area contributed by atoms with Crippen LogP contribution in [0.2, 0.25) is 5.02 Å². The molecule has 0 unspecified atom stereocenters. The molecule has 88 valence electrons. The number of carboxylic acids is 1. The third-order valence-corrected chi connectivity index (χ3v) is 3.42. The minimum atomic E-state index is -4.08. The van der Waals surface area contributed by atoms with E-state index >= 15 is 0 Å². The largest absolute Gasteiger partial charge is 0.478 e. The van der Waals surface area contributed by atoms with Crippen molar-refractivity contribution in [2.24, 2.45) is 0 Å². The Hall–Kier alpha value is -1.18. The number of hydrogen-bond acceptors (Lipinski definition) is 3. The zero-order chi connectivity index (χ0) is 12.5. The SMILES string of the molecule is CNS(=O)(=O)c1cc(Cl)cc(C(=O)O)c1F. The molecule has 16 heavy (non-hydrogen) atoms. The number of aromatic carboxylic acids is 1. The van der Waals surface area contributed by atoms with Crippen molar-refractivity contribution in [1.29, 1.82) is 0 Å².